The monoisotopic (exact) mass is 244 g/mol. The number of allylic oxidation sites excluding steroid dienone is 1. The number of hydrogen-bond acceptors (Lipinski definition) is 2. The van der Waals surface area contributed by atoms with Crippen LogP contribution in [0.4, 0.5) is 0 Å². The van der Waals surface area contributed by atoms with E-state index in [4.69, 9.17) is 4.74 Å². The summed E-state index contributed by atoms with van der Waals surface area (Å²) in [6.45, 7) is 5.71. The molecule has 0 spiro atoms. The van der Waals surface area contributed by atoms with Gasteiger partial charge in [0, 0.05) is 0 Å². The first-order valence-electron chi connectivity index (χ1n) is 6.42. The second-order valence-corrected chi connectivity index (χ2v) is 5.81. The molecule has 1 aromatic carbocycles. The number of rotatable bonds is 3. The third kappa shape index (κ3) is 3.73. The van der Waals surface area contributed by atoms with E-state index >= 15 is 0 Å². The number of esters is 1. The lowest BCUT2D eigenvalue weighted by Crippen LogP contribution is -2.25. The van der Waals surface area contributed by atoms with Gasteiger partial charge in [-0.2, -0.15) is 0 Å². The van der Waals surface area contributed by atoms with Crippen molar-refractivity contribution in [3.05, 3.63) is 42.0 Å². The second-order valence-electron chi connectivity index (χ2n) is 5.81. The lowest BCUT2D eigenvalue weighted by atomic mass is 10.1. The number of hydrogen-bond donors (Lipinski definition) is 0. The molecule has 18 heavy (non-hydrogen) atoms. The van der Waals surface area contributed by atoms with Crippen molar-refractivity contribution >= 4 is 12.0 Å². The molecule has 2 nitrogen and oxygen atoms in total. The standard InChI is InChI=1S/C16H20O2/c1-16(2,3)18-15(17)14-11-13(14)10-9-12-7-5-4-6-8-12/h4-10,13-14H,11H2,1-3H3/b10-9+/t13-,14-/m0/s1. The lowest BCUT2D eigenvalue weighted by Gasteiger charge is -2.19. The molecule has 2 rings (SSSR count). The Morgan fingerprint density at radius 3 is 2.56 bits per heavy atom. The first-order valence-corrected chi connectivity index (χ1v) is 6.42. The summed E-state index contributed by atoms with van der Waals surface area (Å²) >= 11 is 0. The largest absolute Gasteiger partial charge is 0.460 e. The Labute approximate surface area is 109 Å². The van der Waals surface area contributed by atoms with Gasteiger partial charge in [-0.25, -0.2) is 0 Å². The lowest BCUT2D eigenvalue weighted by molar-refractivity contribution is -0.156. The minimum atomic E-state index is -0.382. The molecule has 2 heteroatoms. The highest BCUT2D eigenvalue weighted by atomic mass is 16.6. The molecule has 1 saturated carbocycles. The highest BCUT2D eigenvalue weighted by molar-refractivity contribution is 5.77. The molecule has 0 unspecified atom stereocenters. The maximum Gasteiger partial charge on any atom is 0.310 e. The van der Waals surface area contributed by atoms with Gasteiger partial charge in [-0.15, -0.1) is 0 Å². The molecular weight excluding hydrogens is 224 g/mol. The summed E-state index contributed by atoms with van der Waals surface area (Å²) in [7, 11) is 0. The third-order valence-electron chi connectivity index (χ3n) is 2.88. The predicted octanol–water partition coefficient (Wildman–Crippen LogP) is 3.68. The Hall–Kier alpha value is -1.57. The molecule has 2 atom stereocenters. The van der Waals surface area contributed by atoms with E-state index in [2.05, 4.69) is 24.3 Å². The van der Waals surface area contributed by atoms with E-state index in [1.165, 1.54) is 5.56 Å². The van der Waals surface area contributed by atoms with Gasteiger partial charge in [0.05, 0.1) is 5.92 Å². The van der Waals surface area contributed by atoms with Crippen LogP contribution in [0.2, 0.25) is 0 Å². The van der Waals surface area contributed by atoms with Crippen LogP contribution in [0.1, 0.15) is 32.8 Å². The van der Waals surface area contributed by atoms with Gasteiger partial charge in [0.2, 0.25) is 0 Å². The summed E-state index contributed by atoms with van der Waals surface area (Å²) < 4.78 is 5.37. The van der Waals surface area contributed by atoms with Crippen molar-refractivity contribution in [2.24, 2.45) is 11.8 Å². The Kier molecular flexibility index (Phi) is 3.55. The summed E-state index contributed by atoms with van der Waals surface area (Å²) in [6, 6.07) is 10.1. The van der Waals surface area contributed by atoms with Crippen LogP contribution in [0.15, 0.2) is 36.4 Å². The molecule has 1 fully saturated rings. The average Bonchev–Trinajstić information content (AvgIpc) is 3.05. The zero-order valence-electron chi connectivity index (χ0n) is 11.2. The third-order valence-corrected chi connectivity index (χ3v) is 2.88. The van der Waals surface area contributed by atoms with Crippen molar-refractivity contribution in [1.82, 2.24) is 0 Å². The Balaban J connectivity index is 1.85. The molecule has 0 amide bonds. The first kappa shape index (κ1) is 12.9. The van der Waals surface area contributed by atoms with E-state index in [1.54, 1.807) is 0 Å². The van der Waals surface area contributed by atoms with Crippen LogP contribution in [0, 0.1) is 11.8 Å². The van der Waals surface area contributed by atoms with Gasteiger partial charge in [-0.05, 0) is 38.7 Å². The average molecular weight is 244 g/mol. The fourth-order valence-electron chi connectivity index (χ4n) is 1.87. The number of ether oxygens (including phenoxy) is 1. The summed E-state index contributed by atoms with van der Waals surface area (Å²) in [5, 5.41) is 0. The van der Waals surface area contributed by atoms with E-state index in [-0.39, 0.29) is 17.5 Å². The van der Waals surface area contributed by atoms with E-state index in [0.29, 0.717) is 5.92 Å². The zero-order valence-corrected chi connectivity index (χ0v) is 11.2. The summed E-state index contributed by atoms with van der Waals surface area (Å²) in [6.07, 6.45) is 5.11. The Morgan fingerprint density at radius 1 is 1.28 bits per heavy atom. The van der Waals surface area contributed by atoms with Gasteiger partial charge in [0.25, 0.3) is 0 Å². The zero-order chi connectivity index (χ0) is 13.2. The molecule has 0 heterocycles. The van der Waals surface area contributed by atoms with Crippen molar-refractivity contribution in [1.29, 1.82) is 0 Å². The molecular formula is C16H20O2. The van der Waals surface area contributed by atoms with Crippen molar-refractivity contribution in [3.63, 3.8) is 0 Å². The van der Waals surface area contributed by atoms with Crippen molar-refractivity contribution in [3.8, 4) is 0 Å². The Morgan fingerprint density at radius 2 is 1.94 bits per heavy atom. The van der Waals surface area contributed by atoms with Crippen LogP contribution in [0.3, 0.4) is 0 Å². The van der Waals surface area contributed by atoms with Gasteiger partial charge < -0.3 is 4.74 Å². The maximum absolute atomic E-state index is 11.8. The van der Waals surface area contributed by atoms with Crippen LogP contribution in [-0.4, -0.2) is 11.6 Å². The van der Waals surface area contributed by atoms with Crippen molar-refractivity contribution in [2.75, 3.05) is 0 Å². The fourth-order valence-corrected chi connectivity index (χ4v) is 1.87. The number of benzene rings is 1. The molecule has 1 aromatic rings. The van der Waals surface area contributed by atoms with Gasteiger partial charge in [-0.1, -0.05) is 42.5 Å². The van der Waals surface area contributed by atoms with Gasteiger partial charge in [0.1, 0.15) is 5.60 Å². The van der Waals surface area contributed by atoms with E-state index in [1.807, 2.05) is 39.0 Å². The normalized spacial score (nSPS) is 23.1. The highest BCUT2D eigenvalue weighted by Gasteiger charge is 2.43. The molecule has 0 bridgehead atoms. The minimum Gasteiger partial charge on any atom is -0.460 e. The molecule has 0 aliphatic heterocycles. The molecule has 1 aliphatic rings. The quantitative estimate of drug-likeness (QED) is 0.758. The first-order chi connectivity index (χ1) is 8.46. The highest BCUT2D eigenvalue weighted by Crippen LogP contribution is 2.41. The predicted molar refractivity (Wildman–Crippen MR) is 72.9 cm³/mol. The fraction of sp³-hybridized carbons (Fsp3) is 0.438. The van der Waals surface area contributed by atoms with Gasteiger partial charge in [0.15, 0.2) is 0 Å². The summed E-state index contributed by atoms with van der Waals surface area (Å²) in [5.41, 5.74) is 0.792. The summed E-state index contributed by atoms with van der Waals surface area (Å²) in [5.74, 6) is 0.342. The van der Waals surface area contributed by atoms with Gasteiger partial charge in [-0.3, -0.25) is 4.79 Å². The molecule has 0 radical (unpaired) electrons. The van der Waals surface area contributed by atoms with E-state index < -0.39 is 0 Å². The molecule has 1 aliphatic carbocycles. The van der Waals surface area contributed by atoms with E-state index in [9.17, 15) is 4.79 Å². The SMILES string of the molecule is CC(C)(C)OC(=O)[C@H]1C[C@@H]1/C=C/c1ccccc1. The Bertz CT molecular complexity index is 440. The van der Waals surface area contributed by atoms with Crippen LogP contribution >= 0.6 is 0 Å². The van der Waals surface area contributed by atoms with Crippen LogP contribution < -0.4 is 0 Å². The number of carbonyl (C=O) groups is 1. The topological polar surface area (TPSA) is 26.3 Å². The molecule has 0 aromatic heterocycles. The number of carbonyl (C=O) groups excluding carboxylic acids is 1. The van der Waals surface area contributed by atoms with Crippen molar-refractivity contribution < 1.29 is 9.53 Å². The second kappa shape index (κ2) is 4.97. The minimum absolute atomic E-state index is 0.0594. The van der Waals surface area contributed by atoms with Crippen LogP contribution in [-0.2, 0) is 9.53 Å². The van der Waals surface area contributed by atoms with E-state index in [0.717, 1.165) is 6.42 Å². The molecule has 96 valence electrons. The maximum atomic E-state index is 11.8. The van der Waals surface area contributed by atoms with Crippen molar-refractivity contribution in [2.45, 2.75) is 32.8 Å². The smallest absolute Gasteiger partial charge is 0.310 e. The molecule has 0 N–H and O–H groups in total. The summed E-state index contributed by atoms with van der Waals surface area (Å²) in [4.78, 5) is 11.8. The van der Waals surface area contributed by atoms with Crippen LogP contribution in [0.25, 0.3) is 6.08 Å². The molecule has 0 saturated heterocycles. The van der Waals surface area contributed by atoms with Gasteiger partial charge >= 0.3 is 5.97 Å². The van der Waals surface area contributed by atoms with Crippen LogP contribution in [0.5, 0.6) is 0 Å².